The molecule has 2 rings (SSSR count). The number of ether oxygens (including phenoxy) is 1. The number of benzene rings is 1. The van der Waals surface area contributed by atoms with Crippen LogP contribution in [0.15, 0.2) is 23.4 Å². The monoisotopic (exact) mass is 283 g/mol. The molecule has 0 amide bonds. The third-order valence-corrected chi connectivity index (χ3v) is 3.20. The predicted molar refractivity (Wildman–Crippen MR) is 68.3 cm³/mol. The van der Waals surface area contributed by atoms with Crippen LogP contribution in [-0.4, -0.2) is 23.9 Å². The van der Waals surface area contributed by atoms with Crippen molar-refractivity contribution in [2.45, 2.75) is 32.3 Å². The molecule has 20 heavy (non-hydrogen) atoms. The molecule has 1 heterocycles. The summed E-state index contributed by atoms with van der Waals surface area (Å²) in [7, 11) is 0. The average molecular weight is 283 g/mol. The summed E-state index contributed by atoms with van der Waals surface area (Å²) in [6.45, 7) is 3.69. The molecule has 0 saturated carbocycles. The quantitative estimate of drug-likeness (QED) is 0.798. The van der Waals surface area contributed by atoms with E-state index >= 15 is 0 Å². The fraction of sp³-hybridized carbons (Fsp3) is 0.429. The van der Waals surface area contributed by atoms with Crippen molar-refractivity contribution in [3.05, 3.63) is 35.4 Å². The Morgan fingerprint density at radius 2 is 2.00 bits per heavy atom. The summed E-state index contributed by atoms with van der Waals surface area (Å²) in [6.07, 6.45) is 0.488. The zero-order valence-electron chi connectivity index (χ0n) is 11.3. The van der Waals surface area contributed by atoms with Crippen LogP contribution in [0, 0.1) is 11.6 Å². The van der Waals surface area contributed by atoms with E-state index < -0.39 is 23.2 Å². The number of esters is 1. The van der Waals surface area contributed by atoms with E-state index in [1.807, 2.05) is 0 Å². The molecular formula is C14H15F2NO3. The van der Waals surface area contributed by atoms with E-state index in [9.17, 15) is 13.6 Å². The molecule has 6 heteroatoms. The standard InChI is InChI=1S/C14H15F2NO3/c1-3-14(13(18)19-4-2)8-12(17-20-14)9-5-10(15)7-11(16)6-9/h5-7H,3-4,8H2,1-2H3. The van der Waals surface area contributed by atoms with Crippen molar-refractivity contribution in [3.8, 4) is 0 Å². The van der Waals surface area contributed by atoms with E-state index in [2.05, 4.69) is 5.16 Å². The van der Waals surface area contributed by atoms with Gasteiger partial charge in [-0.05, 0) is 25.5 Å². The molecule has 0 aliphatic carbocycles. The number of carbonyl (C=O) groups is 1. The van der Waals surface area contributed by atoms with Gasteiger partial charge in [0.1, 0.15) is 11.6 Å². The summed E-state index contributed by atoms with van der Waals surface area (Å²) >= 11 is 0. The second-order valence-electron chi connectivity index (χ2n) is 4.53. The molecule has 1 aliphatic heterocycles. The number of halogens is 2. The first kappa shape index (κ1) is 14.4. The van der Waals surface area contributed by atoms with Gasteiger partial charge in [-0.3, -0.25) is 0 Å². The van der Waals surface area contributed by atoms with Crippen molar-refractivity contribution >= 4 is 11.7 Å². The summed E-state index contributed by atoms with van der Waals surface area (Å²) in [5.41, 5.74) is -0.603. The van der Waals surface area contributed by atoms with E-state index in [0.29, 0.717) is 12.1 Å². The molecule has 1 atom stereocenters. The molecule has 108 valence electrons. The van der Waals surface area contributed by atoms with Gasteiger partial charge in [0.05, 0.1) is 12.3 Å². The smallest absolute Gasteiger partial charge is 0.353 e. The third-order valence-electron chi connectivity index (χ3n) is 3.20. The highest BCUT2D eigenvalue weighted by molar-refractivity contribution is 6.04. The number of carbonyl (C=O) groups excluding carboxylic acids is 1. The van der Waals surface area contributed by atoms with Crippen LogP contribution < -0.4 is 0 Å². The van der Waals surface area contributed by atoms with Gasteiger partial charge in [0.2, 0.25) is 5.60 Å². The van der Waals surface area contributed by atoms with Crippen molar-refractivity contribution in [2.24, 2.45) is 5.16 Å². The van der Waals surface area contributed by atoms with E-state index in [1.54, 1.807) is 13.8 Å². The first-order valence-corrected chi connectivity index (χ1v) is 6.39. The second kappa shape index (κ2) is 5.56. The topological polar surface area (TPSA) is 47.9 Å². The zero-order valence-corrected chi connectivity index (χ0v) is 11.3. The molecular weight excluding hydrogens is 268 g/mol. The van der Waals surface area contributed by atoms with Crippen molar-refractivity contribution in [3.63, 3.8) is 0 Å². The lowest BCUT2D eigenvalue weighted by Gasteiger charge is -2.22. The van der Waals surface area contributed by atoms with Crippen LogP contribution in [0.2, 0.25) is 0 Å². The maximum atomic E-state index is 13.2. The van der Waals surface area contributed by atoms with Gasteiger partial charge in [-0.15, -0.1) is 0 Å². The Balaban J connectivity index is 2.23. The lowest BCUT2D eigenvalue weighted by atomic mass is 9.92. The third kappa shape index (κ3) is 2.64. The minimum absolute atomic E-state index is 0.130. The van der Waals surface area contributed by atoms with Gasteiger partial charge in [-0.25, -0.2) is 13.6 Å². The van der Waals surface area contributed by atoms with Gasteiger partial charge in [-0.1, -0.05) is 12.1 Å². The number of oxime groups is 1. The minimum Gasteiger partial charge on any atom is -0.463 e. The molecule has 0 saturated heterocycles. The van der Waals surface area contributed by atoms with Crippen LogP contribution in [-0.2, 0) is 14.4 Å². The van der Waals surface area contributed by atoms with Gasteiger partial charge in [-0.2, -0.15) is 0 Å². The summed E-state index contributed by atoms with van der Waals surface area (Å²) < 4.78 is 31.4. The second-order valence-corrected chi connectivity index (χ2v) is 4.53. The molecule has 0 radical (unpaired) electrons. The molecule has 1 aromatic rings. The summed E-state index contributed by atoms with van der Waals surface area (Å²) in [4.78, 5) is 17.2. The van der Waals surface area contributed by atoms with Crippen molar-refractivity contribution in [2.75, 3.05) is 6.61 Å². The Kier molecular flexibility index (Phi) is 4.01. The Labute approximate surface area is 115 Å². The van der Waals surface area contributed by atoms with Crippen LogP contribution in [0.3, 0.4) is 0 Å². The van der Waals surface area contributed by atoms with Crippen LogP contribution in [0.5, 0.6) is 0 Å². The number of rotatable bonds is 4. The number of hydrogen-bond acceptors (Lipinski definition) is 4. The number of nitrogens with zero attached hydrogens (tertiary/aromatic N) is 1. The fourth-order valence-electron chi connectivity index (χ4n) is 2.06. The predicted octanol–water partition coefficient (Wildman–Crippen LogP) is 2.80. The Hall–Kier alpha value is -1.98. The molecule has 0 N–H and O–H groups in total. The van der Waals surface area contributed by atoms with Crippen LogP contribution >= 0.6 is 0 Å². The molecule has 0 fully saturated rings. The summed E-state index contributed by atoms with van der Waals surface area (Å²) in [5, 5.41) is 3.80. The maximum absolute atomic E-state index is 13.2. The SMILES string of the molecule is CCOC(=O)C1(CC)CC(c2cc(F)cc(F)c2)=NO1. The Bertz CT molecular complexity index is 539. The van der Waals surface area contributed by atoms with Gasteiger partial charge < -0.3 is 9.57 Å². The zero-order chi connectivity index (χ0) is 14.8. The van der Waals surface area contributed by atoms with Gasteiger partial charge >= 0.3 is 5.97 Å². The van der Waals surface area contributed by atoms with Crippen molar-refractivity contribution in [1.82, 2.24) is 0 Å². The lowest BCUT2D eigenvalue weighted by molar-refractivity contribution is -0.169. The van der Waals surface area contributed by atoms with Gasteiger partial charge in [0, 0.05) is 18.1 Å². The highest BCUT2D eigenvalue weighted by Gasteiger charge is 2.46. The molecule has 0 spiro atoms. The van der Waals surface area contributed by atoms with E-state index in [-0.39, 0.29) is 18.6 Å². The molecule has 4 nitrogen and oxygen atoms in total. The fourth-order valence-corrected chi connectivity index (χ4v) is 2.06. The van der Waals surface area contributed by atoms with E-state index in [0.717, 1.165) is 18.2 Å². The van der Waals surface area contributed by atoms with E-state index in [1.165, 1.54) is 0 Å². The molecule has 1 unspecified atom stereocenters. The van der Waals surface area contributed by atoms with Gasteiger partial charge in [0.25, 0.3) is 0 Å². The molecule has 1 aliphatic rings. The van der Waals surface area contributed by atoms with Crippen LogP contribution in [0.4, 0.5) is 8.78 Å². The van der Waals surface area contributed by atoms with Gasteiger partial charge in [0.15, 0.2) is 0 Å². The molecule has 1 aromatic carbocycles. The highest BCUT2D eigenvalue weighted by Crippen LogP contribution is 2.31. The summed E-state index contributed by atoms with van der Waals surface area (Å²) in [6, 6.07) is 3.09. The first-order valence-electron chi connectivity index (χ1n) is 6.39. The normalized spacial score (nSPS) is 21.3. The Morgan fingerprint density at radius 1 is 1.35 bits per heavy atom. The summed E-state index contributed by atoms with van der Waals surface area (Å²) in [5.74, 6) is -1.92. The van der Waals surface area contributed by atoms with Crippen LogP contribution in [0.1, 0.15) is 32.3 Å². The Morgan fingerprint density at radius 3 is 2.55 bits per heavy atom. The lowest BCUT2D eigenvalue weighted by Crippen LogP contribution is -2.40. The highest BCUT2D eigenvalue weighted by atomic mass is 19.1. The molecule has 0 aromatic heterocycles. The average Bonchev–Trinajstić information content (AvgIpc) is 2.83. The number of hydrogen-bond donors (Lipinski definition) is 0. The van der Waals surface area contributed by atoms with Crippen molar-refractivity contribution in [1.29, 1.82) is 0 Å². The van der Waals surface area contributed by atoms with Crippen molar-refractivity contribution < 1.29 is 23.1 Å². The van der Waals surface area contributed by atoms with E-state index in [4.69, 9.17) is 9.57 Å². The van der Waals surface area contributed by atoms with Crippen LogP contribution in [0.25, 0.3) is 0 Å². The molecule has 0 bridgehead atoms. The maximum Gasteiger partial charge on any atom is 0.353 e. The largest absolute Gasteiger partial charge is 0.463 e. The first-order chi connectivity index (χ1) is 9.50. The minimum atomic E-state index is -1.20.